The third-order valence-corrected chi connectivity index (χ3v) is 28.1. The van der Waals surface area contributed by atoms with Gasteiger partial charge in [-0.15, -0.1) is 0 Å². The summed E-state index contributed by atoms with van der Waals surface area (Å²) in [6, 6.07) is 77.3. The van der Waals surface area contributed by atoms with Crippen molar-refractivity contribution in [3.05, 3.63) is 344 Å². The standard InChI is InChI=1S/C128H148N2O18/c1-5-9-13-17-21-45-79-145-121(137)125(122(138)146-80-46-22-18-14-10-6-2)91-113-114(92-125)118(120(136)130-128(101-55-37-31-38-56-101,102-57-39-32-40-58-102)104-60-50-62-112(88-104)144-78-44-28-26-42-76-142-110-73-69-96(70-74-110)64-66-98-85-107(133)90-108(134)86-98)116-94-126(123(139)147-81-47-23-19-15-11-7-3,124(140)148-82-48-24-20-16-12-8-4)93-115(116)117(113)119(135)129-127(99-51-33-29-34-52-99,100-53-35-30-36-54-100)103-59-49-61-111(87-103)143-77-43-27-25-41-75-141-109-71-67-95(68-72-109)63-65-97-83-105(131)89-106(132)84-97/h29-40,49-62,67-74,83-90,131-134H,5-28,41-48,75-82,91-94H2,1-4H3,(H,129,135)(H,130,136). The van der Waals surface area contributed by atoms with Crippen LogP contribution in [0.1, 0.15) is 332 Å². The molecule has 20 nitrogen and oxygen atoms in total. The summed E-state index contributed by atoms with van der Waals surface area (Å²) in [7, 11) is 0. The average Bonchev–Trinajstić information content (AvgIpc) is 1.52. The lowest BCUT2D eigenvalue weighted by Crippen LogP contribution is -2.49. The number of fused-ring (bicyclic) bond motifs is 2. The van der Waals surface area contributed by atoms with Crippen LogP contribution in [0, 0.1) is 34.5 Å². The second-order valence-electron chi connectivity index (χ2n) is 39.3. The molecule has 0 unspecified atom stereocenters. The van der Waals surface area contributed by atoms with Gasteiger partial charge in [0.05, 0.1) is 52.9 Å². The maximum Gasteiger partial charge on any atom is 0.324 e. The Labute approximate surface area is 875 Å². The van der Waals surface area contributed by atoms with Crippen LogP contribution in [-0.4, -0.2) is 109 Å². The van der Waals surface area contributed by atoms with Gasteiger partial charge in [0.1, 0.15) is 57.1 Å². The average molecular weight is 2000 g/mol. The molecule has 0 saturated heterocycles. The minimum absolute atomic E-state index is 0.0247. The molecule has 0 fully saturated rings. The first-order chi connectivity index (χ1) is 72.3. The zero-order valence-electron chi connectivity index (χ0n) is 86.9. The summed E-state index contributed by atoms with van der Waals surface area (Å²) in [4.78, 5) is 102. The zero-order chi connectivity index (χ0) is 104. The molecule has 0 aromatic heterocycles. The summed E-state index contributed by atoms with van der Waals surface area (Å²) < 4.78 is 51.8. The highest BCUT2D eigenvalue weighted by Gasteiger charge is 2.61. The lowest BCUT2D eigenvalue weighted by molar-refractivity contribution is -0.173. The SMILES string of the molecule is CCCCCCCCOC(=O)C1(C(=O)OCCCCCCCC)Cc2c(c(C(=O)NC(c3ccccc3)(c3ccccc3)c3cccc(OCCCCCCOc4ccc(C#Cc5cc(O)cc(O)c5)cc4)c3)c3c(c2C(=O)NC(c2ccccc2)(c2ccccc2)c2cccc(OCCCCCCOc4ccc(C#Cc5cc(O)cc(O)c5)cc4)c2)CC(C(=O)OCCCCCCCC)(C(=O)OCCCCCCCC)C3)C1. The number of carbonyl (C=O) groups is 6. The lowest BCUT2D eigenvalue weighted by atomic mass is 9.76. The first-order valence-electron chi connectivity index (χ1n) is 54.1. The van der Waals surface area contributed by atoms with Gasteiger partial charge in [0.15, 0.2) is 10.8 Å². The number of unbranched alkanes of at least 4 members (excludes halogenated alkanes) is 26. The predicted molar refractivity (Wildman–Crippen MR) is 580 cm³/mol. The number of rotatable bonds is 60. The molecule has 11 aromatic carbocycles. The maximum atomic E-state index is 18.1. The van der Waals surface area contributed by atoms with Crippen molar-refractivity contribution in [2.75, 3.05) is 52.9 Å². The van der Waals surface area contributed by atoms with Gasteiger partial charge in [-0.25, -0.2) is 0 Å². The number of benzene rings is 11. The van der Waals surface area contributed by atoms with Crippen molar-refractivity contribution < 1.29 is 87.1 Å². The van der Waals surface area contributed by atoms with Crippen LogP contribution in [-0.2, 0) is 74.9 Å². The molecule has 778 valence electrons. The van der Waals surface area contributed by atoms with E-state index in [0.29, 0.717) is 132 Å². The largest absolute Gasteiger partial charge is 0.508 e. The maximum absolute atomic E-state index is 18.1. The molecule has 0 bridgehead atoms. The van der Waals surface area contributed by atoms with Crippen LogP contribution in [0.15, 0.2) is 255 Å². The number of phenolic OH excluding ortho intramolecular Hbond substituents is 4. The summed E-state index contributed by atoms with van der Waals surface area (Å²) >= 11 is 0. The zero-order valence-corrected chi connectivity index (χ0v) is 86.9. The second-order valence-corrected chi connectivity index (χ2v) is 39.3. The van der Waals surface area contributed by atoms with Gasteiger partial charge in [-0.3, -0.25) is 28.8 Å². The number of carbonyl (C=O) groups excluding carboxylic acids is 6. The molecule has 0 radical (unpaired) electrons. The van der Waals surface area contributed by atoms with E-state index in [1.807, 2.05) is 218 Å². The third-order valence-electron chi connectivity index (χ3n) is 28.1. The van der Waals surface area contributed by atoms with Gasteiger partial charge in [0, 0.05) is 71.2 Å². The molecule has 0 atom stereocenters. The van der Waals surface area contributed by atoms with Gasteiger partial charge >= 0.3 is 23.9 Å². The molecule has 0 aliphatic heterocycles. The molecular formula is C128H148N2O18. The van der Waals surface area contributed by atoms with Crippen LogP contribution >= 0.6 is 0 Å². The first kappa shape index (κ1) is 111. The number of ether oxygens (including phenoxy) is 8. The Morgan fingerprint density at radius 2 is 0.480 bits per heavy atom. The van der Waals surface area contributed by atoms with Gasteiger partial charge in [0.2, 0.25) is 0 Å². The van der Waals surface area contributed by atoms with Crippen LogP contribution in [0.25, 0.3) is 0 Å². The van der Waals surface area contributed by atoms with Crippen molar-refractivity contribution in [1.82, 2.24) is 10.6 Å². The topological polar surface area (TPSA) is 281 Å². The Bertz CT molecular complexity index is 5620. The van der Waals surface area contributed by atoms with E-state index in [1.165, 1.54) is 36.4 Å². The van der Waals surface area contributed by atoms with Crippen molar-refractivity contribution in [2.45, 2.75) is 270 Å². The number of hydrogen-bond donors (Lipinski definition) is 6. The molecule has 6 N–H and O–H groups in total. The van der Waals surface area contributed by atoms with E-state index in [9.17, 15) is 20.4 Å². The Morgan fingerprint density at radius 1 is 0.250 bits per heavy atom. The minimum Gasteiger partial charge on any atom is -0.508 e. The van der Waals surface area contributed by atoms with E-state index in [0.717, 1.165) is 178 Å². The van der Waals surface area contributed by atoms with E-state index in [-0.39, 0.29) is 82.8 Å². The summed E-state index contributed by atoms with van der Waals surface area (Å²) in [5.74, 6) is 9.39. The summed E-state index contributed by atoms with van der Waals surface area (Å²) in [5.41, 5.74) is -0.917. The van der Waals surface area contributed by atoms with Gasteiger partial charge in [-0.1, -0.05) is 325 Å². The normalized spacial score (nSPS) is 12.6. The molecule has 20 heteroatoms. The monoisotopic (exact) mass is 2000 g/mol. The van der Waals surface area contributed by atoms with Crippen molar-refractivity contribution in [3.8, 4) is 69.7 Å². The Kier molecular flexibility index (Phi) is 43.3. The molecular weight excluding hydrogens is 1850 g/mol. The van der Waals surface area contributed by atoms with Crippen molar-refractivity contribution in [1.29, 1.82) is 0 Å². The van der Waals surface area contributed by atoms with E-state index in [1.54, 1.807) is 0 Å². The van der Waals surface area contributed by atoms with Gasteiger partial charge < -0.3 is 69.0 Å². The number of aromatic hydroxyl groups is 4. The minimum atomic E-state index is -2.22. The Hall–Kier alpha value is -14.2. The molecule has 13 rings (SSSR count). The third kappa shape index (κ3) is 30.5. The molecule has 2 aliphatic rings. The van der Waals surface area contributed by atoms with Crippen molar-refractivity contribution in [3.63, 3.8) is 0 Å². The number of hydrogen-bond acceptors (Lipinski definition) is 18. The first-order valence-corrected chi connectivity index (χ1v) is 54.1. The molecule has 0 spiro atoms. The van der Waals surface area contributed by atoms with E-state index >= 15 is 28.8 Å². The Balaban J connectivity index is 0.900. The highest BCUT2D eigenvalue weighted by atomic mass is 16.6. The molecule has 2 amide bonds. The molecule has 0 heterocycles. The van der Waals surface area contributed by atoms with E-state index < -0.39 is 83.3 Å². The van der Waals surface area contributed by atoms with Crippen molar-refractivity contribution in [2.24, 2.45) is 10.8 Å². The highest BCUT2D eigenvalue weighted by molar-refractivity contribution is 6.11. The Morgan fingerprint density at radius 3 is 0.743 bits per heavy atom. The quantitative estimate of drug-likeness (QED) is 0.00516. The fraction of sp³-hybridized carbons (Fsp3) is 0.406. The smallest absolute Gasteiger partial charge is 0.324 e. The summed E-state index contributed by atoms with van der Waals surface area (Å²) in [6.45, 7) is 10.2. The van der Waals surface area contributed by atoms with Gasteiger partial charge in [-0.05, 0) is 230 Å². The number of esters is 4. The van der Waals surface area contributed by atoms with Crippen molar-refractivity contribution >= 4 is 35.7 Å². The second kappa shape index (κ2) is 57.8. The van der Waals surface area contributed by atoms with E-state index in [4.69, 9.17) is 37.9 Å². The molecule has 0 saturated carbocycles. The fourth-order valence-electron chi connectivity index (χ4n) is 20.2. The fourth-order valence-corrected chi connectivity index (χ4v) is 20.2. The molecule has 2 aliphatic carbocycles. The van der Waals surface area contributed by atoms with Crippen LogP contribution in [0.5, 0.6) is 46.0 Å². The molecule has 148 heavy (non-hydrogen) atoms. The lowest BCUT2D eigenvalue weighted by Gasteiger charge is -2.38. The van der Waals surface area contributed by atoms with Gasteiger partial charge in [-0.2, -0.15) is 0 Å². The number of nitrogens with one attached hydrogen (secondary N) is 2. The summed E-state index contributed by atoms with van der Waals surface area (Å²) in [6.07, 6.45) is 25.4. The van der Waals surface area contributed by atoms with Crippen LogP contribution in [0.2, 0.25) is 0 Å². The van der Waals surface area contributed by atoms with Gasteiger partial charge in [0.25, 0.3) is 11.8 Å². The van der Waals surface area contributed by atoms with Crippen LogP contribution in [0.3, 0.4) is 0 Å². The predicted octanol–water partition coefficient (Wildman–Crippen LogP) is 26.6. The van der Waals surface area contributed by atoms with Crippen LogP contribution in [0.4, 0.5) is 0 Å². The number of amides is 2. The van der Waals surface area contributed by atoms with E-state index in [2.05, 4.69) is 62.0 Å². The number of phenols is 4. The highest BCUT2D eigenvalue weighted by Crippen LogP contribution is 2.53. The van der Waals surface area contributed by atoms with Crippen LogP contribution < -0.4 is 29.6 Å². The molecule has 11 aromatic rings. The summed E-state index contributed by atoms with van der Waals surface area (Å²) in [5, 5.41) is 47.2.